The third-order valence-electron chi connectivity index (χ3n) is 3.19. The first-order valence-electron chi connectivity index (χ1n) is 6.50. The molecule has 1 aromatic carbocycles. The molecule has 0 radical (unpaired) electrons. The van der Waals surface area contributed by atoms with Gasteiger partial charge in [0.1, 0.15) is 0 Å². The Morgan fingerprint density at radius 2 is 2.16 bits per heavy atom. The topological polar surface area (TPSA) is 69.6 Å². The summed E-state index contributed by atoms with van der Waals surface area (Å²) < 4.78 is 1.88. The van der Waals surface area contributed by atoms with E-state index in [1.54, 1.807) is 6.07 Å². The van der Waals surface area contributed by atoms with E-state index in [0.717, 1.165) is 30.7 Å². The van der Waals surface area contributed by atoms with Crippen molar-refractivity contribution in [1.82, 2.24) is 20.2 Å². The lowest BCUT2D eigenvalue weighted by molar-refractivity contribution is 0.404. The number of halogens is 1. The van der Waals surface area contributed by atoms with Crippen molar-refractivity contribution in [2.75, 3.05) is 5.73 Å². The molecule has 0 aliphatic rings. The van der Waals surface area contributed by atoms with Crippen LogP contribution >= 0.6 is 11.6 Å². The largest absolute Gasteiger partial charge is 0.398 e. The van der Waals surface area contributed by atoms with Crippen molar-refractivity contribution in [3.8, 4) is 11.4 Å². The molecule has 5 nitrogen and oxygen atoms in total. The molecular formula is C13H18ClN5. The molecule has 2 aromatic rings. The van der Waals surface area contributed by atoms with Gasteiger partial charge in [0.15, 0.2) is 5.82 Å². The minimum atomic E-state index is 0.312. The molecule has 0 aliphatic heterocycles. The summed E-state index contributed by atoms with van der Waals surface area (Å²) in [6.07, 6.45) is 3.15. The highest BCUT2D eigenvalue weighted by Crippen LogP contribution is 2.28. The summed E-state index contributed by atoms with van der Waals surface area (Å²) >= 11 is 5.94. The minimum absolute atomic E-state index is 0.312. The minimum Gasteiger partial charge on any atom is -0.398 e. The predicted octanol–water partition coefficient (Wildman–Crippen LogP) is 3.33. The zero-order valence-electron chi connectivity index (χ0n) is 11.2. The molecule has 1 unspecified atom stereocenters. The molecule has 19 heavy (non-hydrogen) atoms. The van der Waals surface area contributed by atoms with E-state index in [0.29, 0.717) is 16.8 Å². The van der Waals surface area contributed by atoms with Gasteiger partial charge < -0.3 is 5.73 Å². The average molecular weight is 280 g/mol. The van der Waals surface area contributed by atoms with E-state index in [2.05, 4.69) is 29.4 Å². The molecule has 102 valence electrons. The molecule has 6 heteroatoms. The summed E-state index contributed by atoms with van der Waals surface area (Å²) in [6, 6.07) is 5.78. The second kappa shape index (κ2) is 6.02. The Morgan fingerprint density at radius 3 is 2.79 bits per heavy atom. The number of nitrogen functional groups attached to an aromatic ring is 1. The molecule has 0 bridgehead atoms. The Labute approximate surface area is 117 Å². The zero-order chi connectivity index (χ0) is 13.8. The number of aromatic nitrogens is 4. The van der Waals surface area contributed by atoms with Crippen LogP contribution in [-0.4, -0.2) is 20.2 Å². The monoisotopic (exact) mass is 279 g/mol. The highest BCUT2D eigenvalue weighted by Gasteiger charge is 2.16. The first-order valence-corrected chi connectivity index (χ1v) is 6.88. The van der Waals surface area contributed by atoms with Crippen molar-refractivity contribution in [2.24, 2.45) is 0 Å². The molecule has 1 atom stereocenters. The fourth-order valence-electron chi connectivity index (χ4n) is 2.15. The van der Waals surface area contributed by atoms with Crippen LogP contribution in [0.5, 0.6) is 0 Å². The van der Waals surface area contributed by atoms with Gasteiger partial charge in [-0.3, -0.25) is 0 Å². The van der Waals surface area contributed by atoms with E-state index in [1.807, 2.05) is 16.8 Å². The lowest BCUT2D eigenvalue weighted by atomic mass is 10.1. The van der Waals surface area contributed by atoms with Gasteiger partial charge in [0.2, 0.25) is 0 Å². The summed E-state index contributed by atoms with van der Waals surface area (Å²) in [4.78, 5) is 0. The van der Waals surface area contributed by atoms with Crippen molar-refractivity contribution in [1.29, 1.82) is 0 Å². The van der Waals surface area contributed by atoms with Crippen LogP contribution in [0.2, 0.25) is 5.02 Å². The van der Waals surface area contributed by atoms with Crippen LogP contribution in [0, 0.1) is 0 Å². The highest BCUT2D eigenvalue weighted by molar-refractivity contribution is 6.33. The molecule has 2 rings (SSSR count). The maximum Gasteiger partial charge on any atom is 0.182 e. The highest BCUT2D eigenvalue weighted by atomic mass is 35.5. The van der Waals surface area contributed by atoms with Crippen molar-refractivity contribution in [3.05, 3.63) is 23.2 Å². The lowest BCUT2D eigenvalue weighted by Gasteiger charge is -2.15. The van der Waals surface area contributed by atoms with E-state index in [4.69, 9.17) is 17.3 Å². The number of anilines is 1. The van der Waals surface area contributed by atoms with Gasteiger partial charge in [0, 0.05) is 5.56 Å². The van der Waals surface area contributed by atoms with Crippen LogP contribution in [0.25, 0.3) is 11.4 Å². The fraction of sp³-hybridized carbons (Fsp3) is 0.462. The average Bonchev–Trinajstić information content (AvgIpc) is 2.88. The number of nitrogens with zero attached hydrogens (tertiary/aromatic N) is 4. The first-order chi connectivity index (χ1) is 9.17. The SMILES string of the molecule is CCCC(CC)n1nnnc1-c1ccc(Cl)c(N)c1. The third kappa shape index (κ3) is 2.87. The number of hydrogen-bond donors (Lipinski definition) is 1. The number of benzene rings is 1. The van der Waals surface area contributed by atoms with Gasteiger partial charge in [-0.15, -0.1) is 5.10 Å². The number of hydrogen-bond acceptors (Lipinski definition) is 4. The second-order valence-electron chi connectivity index (χ2n) is 4.53. The summed E-state index contributed by atoms with van der Waals surface area (Å²) in [5.74, 6) is 0.740. The number of nitrogens with two attached hydrogens (primary N) is 1. The molecule has 0 amide bonds. The molecule has 0 spiro atoms. The van der Waals surface area contributed by atoms with Crippen LogP contribution in [0.4, 0.5) is 5.69 Å². The second-order valence-corrected chi connectivity index (χ2v) is 4.94. The van der Waals surface area contributed by atoms with E-state index in [1.165, 1.54) is 0 Å². The van der Waals surface area contributed by atoms with Crippen LogP contribution in [0.1, 0.15) is 39.2 Å². The molecular weight excluding hydrogens is 262 g/mol. The summed E-state index contributed by atoms with van der Waals surface area (Å²) in [6.45, 7) is 4.30. The van der Waals surface area contributed by atoms with E-state index in [9.17, 15) is 0 Å². The summed E-state index contributed by atoms with van der Waals surface area (Å²) in [5, 5.41) is 12.6. The Balaban J connectivity index is 2.40. The van der Waals surface area contributed by atoms with Gasteiger partial charge in [-0.05, 0) is 41.5 Å². The number of tetrazole rings is 1. The van der Waals surface area contributed by atoms with Crippen LogP contribution in [0.15, 0.2) is 18.2 Å². The van der Waals surface area contributed by atoms with E-state index >= 15 is 0 Å². The normalized spacial score (nSPS) is 12.6. The van der Waals surface area contributed by atoms with Gasteiger partial charge >= 0.3 is 0 Å². The van der Waals surface area contributed by atoms with Gasteiger partial charge in [0.25, 0.3) is 0 Å². The maximum atomic E-state index is 5.94. The standard InChI is InChI=1S/C13H18ClN5/c1-3-5-10(4-2)19-13(16-17-18-19)9-6-7-11(14)12(15)8-9/h6-8,10H,3-5,15H2,1-2H3. The molecule has 0 fully saturated rings. The molecule has 0 aliphatic carbocycles. The molecule has 0 saturated heterocycles. The quantitative estimate of drug-likeness (QED) is 0.852. The Hall–Kier alpha value is -1.62. The molecule has 2 N–H and O–H groups in total. The van der Waals surface area contributed by atoms with Crippen LogP contribution < -0.4 is 5.73 Å². The van der Waals surface area contributed by atoms with Gasteiger partial charge in [0.05, 0.1) is 16.8 Å². The van der Waals surface area contributed by atoms with Crippen molar-refractivity contribution in [2.45, 2.75) is 39.2 Å². The Bertz CT molecular complexity index is 552. The van der Waals surface area contributed by atoms with E-state index in [-0.39, 0.29) is 0 Å². The first kappa shape index (κ1) is 13.8. The third-order valence-corrected chi connectivity index (χ3v) is 3.53. The number of rotatable bonds is 5. The smallest absolute Gasteiger partial charge is 0.182 e. The van der Waals surface area contributed by atoms with Crippen molar-refractivity contribution >= 4 is 17.3 Å². The van der Waals surface area contributed by atoms with Crippen molar-refractivity contribution < 1.29 is 0 Å². The van der Waals surface area contributed by atoms with Crippen LogP contribution in [-0.2, 0) is 0 Å². The summed E-state index contributed by atoms with van der Waals surface area (Å²) in [7, 11) is 0. The summed E-state index contributed by atoms with van der Waals surface area (Å²) in [5.41, 5.74) is 7.26. The Morgan fingerprint density at radius 1 is 1.37 bits per heavy atom. The van der Waals surface area contributed by atoms with Gasteiger partial charge in [-0.1, -0.05) is 31.9 Å². The molecule has 1 heterocycles. The van der Waals surface area contributed by atoms with E-state index < -0.39 is 0 Å². The van der Waals surface area contributed by atoms with Gasteiger partial charge in [-0.25, -0.2) is 4.68 Å². The fourth-order valence-corrected chi connectivity index (χ4v) is 2.26. The van der Waals surface area contributed by atoms with Crippen molar-refractivity contribution in [3.63, 3.8) is 0 Å². The van der Waals surface area contributed by atoms with Crippen LogP contribution in [0.3, 0.4) is 0 Å². The molecule has 1 aromatic heterocycles. The molecule has 0 saturated carbocycles. The maximum absolute atomic E-state index is 5.94. The Kier molecular flexibility index (Phi) is 4.37. The van der Waals surface area contributed by atoms with Gasteiger partial charge in [-0.2, -0.15) is 0 Å². The zero-order valence-corrected chi connectivity index (χ0v) is 11.9. The predicted molar refractivity (Wildman–Crippen MR) is 76.9 cm³/mol. The lowest BCUT2D eigenvalue weighted by Crippen LogP contribution is -2.11.